The van der Waals surface area contributed by atoms with Crippen molar-refractivity contribution in [2.45, 2.75) is 19.8 Å². The number of hydrogen-bond acceptors (Lipinski definition) is 8. The Bertz CT molecular complexity index is 1110. The standard InChI is InChI=1S/C21H20N4O6/c1-2-9-24(21(26)15-4-3-5-16(11-15)25(27)28)10-8-19-22-20(23-31-19)14-6-7-17-18(12-14)30-13-29-17/h3-7,11-12H,2,8-10,13H2,1H3. The maximum Gasteiger partial charge on any atom is 0.270 e. The van der Waals surface area contributed by atoms with Crippen LogP contribution < -0.4 is 9.47 Å². The second kappa shape index (κ2) is 8.82. The molecule has 0 unspecified atom stereocenters. The third-order valence-electron chi connectivity index (χ3n) is 4.78. The van der Waals surface area contributed by atoms with Gasteiger partial charge in [-0.2, -0.15) is 4.98 Å². The fourth-order valence-electron chi connectivity index (χ4n) is 3.26. The first kappa shape index (κ1) is 20.3. The van der Waals surface area contributed by atoms with E-state index in [4.69, 9.17) is 14.0 Å². The maximum absolute atomic E-state index is 12.9. The quantitative estimate of drug-likeness (QED) is 0.398. The van der Waals surface area contributed by atoms with E-state index in [1.54, 1.807) is 23.1 Å². The van der Waals surface area contributed by atoms with Crippen molar-refractivity contribution in [2.24, 2.45) is 0 Å². The number of carbonyl (C=O) groups is 1. The molecule has 2 heterocycles. The van der Waals surface area contributed by atoms with Crippen LogP contribution in [0.15, 0.2) is 47.0 Å². The first-order valence-corrected chi connectivity index (χ1v) is 9.81. The topological polar surface area (TPSA) is 121 Å². The first-order valence-electron chi connectivity index (χ1n) is 9.81. The molecule has 10 heteroatoms. The number of nitro groups is 1. The van der Waals surface area contributed by atoms with Crippen molar-refractivity contribution < 1.29 is 23.7 Å². The van der Waals surface area contributed by atoms with Gasteiger partial charge in [0.05, 0.1) is 4.92 Å². The fourth-order valence-corrected chi connectivity index (χ4v) is 3.26. The van der Waals surface area contributed by atoms with E-state index >= 15 is 0 Å². The molecule has 2 aromatic carbocycles. The van der Waals surface area contributed by atoms with Gasteiger partial charge in [-0.05, 0) is 30.7 Å². The average molecular weight is 424 g/mol. The minimum absolute atomic E-state index is 0.118. The second-order valence-corrected chi connectivity index (χ2v) is 6.93. The summed E-state index contributed by atoms with van der Waals surface area (Å²) in [6.45, 7) is 2.99. The van der Waals surface area contributed by atoms with Crippen LogP contribution in [-0.2, 0) is 6.42 Å². The van der Waals surface area contributed by atoms with Crippen molar-refractivity contribution in [3.8, 4) is 22.9 Å². The zero-order valence-electron chi connectivity index (χ0n) is 16.8. The van der Waals surface area contributed by atoms with Gasteiger partial charge < -0.3 is 18.9 Å². The molecule has 0 radical (unpaired) electrons. The molecule has 0 aliphatic carbocycles. The SMILES string of the molecule is CCCN(CCc1nc(-c2ccc3c(c2)OCO3)no1)C(=O)c1cccc([N+](=O)[O-])c1. The highest BCUT2D eigenvalue weighted by atomic mass is 16.7. The summed E-state index contributed by atoms with van der Waals surface area (Å²) >= 11 is 0. The highest BCUT2D eigenvalue weighted by Crippen LogP contribution is 2.35. The first-order chi connectivity index (χ1) is 15.0. The van der Waals surface area contributed by atoms with Crippen LogP contribution in [0.5, 0.6) is 11.5 Å². The average Bonchev–Trinajstić information content (AvgIpc) is 3.45. The van der Waals surface area contributed by atoms with E-state index in [9.17, 15) is 14.9 Å². The fraction of sp³-hybridized carbons (Fsp3) is 0.286. The smallest absolute Gasteiger partial charge is 0.270 e. The summed E-state index contributed by atoms with van der Waals surface area (Å²) in [5.41, 5.74) is 0.888. The molecule has 1 aliphatic rings. The molecular weight excluding hydrogens is 404 g/mol. The molecule has 0 N–H and O–H groups in total. The van der Waals surface area contributed by atoms with Gasteiger partial charge in [0, 0.05) is 42.8 Å². The van der Waals surface area contributed by atoms with Crippen LogP contribution in [0, 0.1) is 10.1 Å². The number of hydrogen-bond donors (Lipinski definition) is 0. The molecule has 160 valence electrons. The summed E-state index contributed by atoms with van der Waals surface area (Å²) in [5.74, 6) is 1.82. The summed E-state index contributed by atoms with van der Waals surface area (Å²) in [6, 6.07) is 11.1. The Labute approximate surface area is 177 Å². The van der Waals surface area contributed by atoms with Gasteiger partial charge in [-0.1, -0.05) is 18.1 Å². The Hall–Kier alpha value is -3.95. The molecule has 31 heavy (non-hydrogen) atoms. The number of amides is 1. The van der Waals surface area contributed by atoms with E-state index in [1.165, 1.54) is 18.2 Å². The normalized spacial score (nSPS) is 12.0. The zero-order chi connectivity index (χ0) is 21.8. The van der Waals surface area contributed by atoms with Gasteiger partial charge in [-0.3, -0.25) is 14.9 Å². The number of non-ortho nitro benzene ring substituents is 1. The van der Waals surface area contributed by atoms with Gasteiger partial charge in [-0.15, -0.1) is 0 Å². The zero-order valence-corrected chi connectivity index (χ0v) is 16.8. The van der Waals surface area contributed by atoms with E-state index in [-0.39, 0.29) is 24.0 Å². The Kier molecular flexibility index (Phi) is 5.78. The lowest BCUT2D eigenvalue weighted by molar-refractivity contribution is -0.384. The number of rotatable bonds is 8. The number of nitrogens with zero attached hydrogens (tertiary/aromatic N) is 4. The van der Waals surface area contributed by atoms with Gasteiger partial charge >= 0.3 is 0 Å². The van der Waals surface area contributed by atoms with E-state index in [2.05, 4.69) is 10.1 Å². The Morgan fingerprint density at radius 3 is 2.81 bits per heavy atom. The third kappa shape index (κ3) is 4.47. The van der Waals surface area contributed by atoms with Gasteiger partial charge in [0.2, 0.25) is 18.5 Å². The molecule has 0 bridgehead atoms. The predicted octanol–water partition coefficient (Wildman–Crippen LogP) is 3.47. The van der Waals surface area contributed by atoms with Crippen LogP contribution in [0.25, 0.3) is 11.4 Å². The second-order valence-electron chi connectivity index (χ2n) is 6.93. The van der Waals surface area contributed by atoms with Crippen molar-refractivity contribution in [1.29, 1.82) is 0 Å². The third-order valence-corrected chi connectivity index (χ3v) is 4.78. The van der Waals surface area contributed by atoms with E-state index < -0.39 is 4.92 Å². The van der Waals surface area contributed by atoms with E-state index in [0.29, 0.717) is 42.7 Å². The Morgan fingerprint density at radius 1 is 1.16 bits per heavy atom. The molecule has 1 aromatic heterocycles. The molecule has 0 spiro atoms. The van der Waals surface area contributed by atoms with Crippen LogP contribution in [0.4, 0.5) is 5.69 Å². The number of carbonyl (C=O) groups excluding carboxylic acids is 1. The van der Waals surface area contributed by atoms with Crippen LogP contribution in [0.3, 0.4) is 0 Å². The molecular formula is C21H20N4O6. The van der Waals surface area contributed by atoms with Crippen LogP contribution in [0.2, 0.25) is 0 Å². The molecule has 0 fully saturated rings. The van der Waals surface area contributed by atoms with Gasteiger partial charge in [-0.25, -0.2) is 0 Å². The minimum atomic E-state index is -0.517. The molecule has 10 nitrogen and oxygen atoms in total. The largest absolute Gasteiger partial charge is 0.454 e. The number of nitro benzene ring substituents is 1. The molecule has 1 aliphatic heterocycles. The monoisotopic (exact) mass is 424 g/mol. The van der Waals surface area contributed by atoms with Gasteiger partial charge in [0.25, 0.3) is 11.6 Å². The van der Waals surface area contributed by atoms with Gasteiger partial charge in [0.15, 0.2) is 11.5 Å². The number of ether oxygens (including phenoxy) is 2. The van der Waals surface area contributed by atoms with Gasteiger partial charge in [0.1, 0.15) is 0 Å². The number of aromatic nitrogens is 2. The molecule has 1 amide bonds. The number of benzene rings is 2. The molecule has 0 atom stereocenters. The highest BCUT2D eigenvalue weighted by molar-refractivity contribution is 5.94. The summed E-state index contributed by atoms with van der Waals surface area (Å²) in [4.78, 5) is 29.4. The predicted molar refractivity (Wildman–Crippen MR) is 109 cm³/mol. The molecule has 0 saturated heterocycles. The minimum Gasteiger partial charge on any atom is -0.454 e. The van der Waals surface area contributed by atoms with Crippen molar-refractivity contribution in [1.82, 2.24) is 15.0 Å². The summed E-state index contributed by atoms with van der Waals surface area (Å²) in [7, 11) is 0. The molecule has 3 aromatic rings. The Balaban J connectivity index is 1.45. The Morgan fingerprint density at radius 2 is 2.00 bits per heavy atom. The van der Waals surface area contributed by atoms with Crippen molar-refractivity contribution in [2.75, 3.05) is 19.9 Å². The van der Waals surface area contributed by atoms with E-state index in [0.717, 1.165) is 12.0 Å². The summed E-state index contributed by atoms with van der Waals surface area (Å²) in [6.07, 6.45) is 1.10. The van der Waals surface area contributed by atoms with Crippen molar-refractivity contribution in [3.63, 3.8) is 0 Å². The van der Waals surface area contributed by atoms with Crippen LogP contribution in [-0.4, -0.2) is 45.8 Å². The summed E-state index contributed by atoms with van der Waals surface area (Å²) < 4.78 is 16.0. The lowest BCUT2D eigenvalue weighted by Gasteiger charge is -2.21. The maximum atomic E-state index is 12.9. The molecule has 4 rings (SSSR count). The summed E-state index contributed by atoms with van der Waals surface area (Å²) in [5, 5.41) is 15.0. The highest BCUT2D eigenvalue weighted by Gasteiger charge is 2.20. The van der Waals surface area contributed by atoms with Crippen molar-refractivity contribution in [3.05, 3.63) is 64.0 Å². The number of fused-ring (bicyclic) bond motifs is 1. The molecule has 0 saturated carbocycles. The van der Waals surface area contributed by atoms with E-state index in [1.807, 2.05) is 13.0 Å². The lowest BCUT2D eigenvalue weighted by Crippen LogP contribution is -2.33. The van der Waals surface area contributed by atoms with Crippen LogP contribution >= 0.6 is 0 Å². The van der Waals surface area contributed by atoms with Crippen molar-refractivity contribution >= 4 is 11.6 Å². The van der Waals surface area contributed by atoms with Crippen LogP contribution in [0.1, 0.15) is 29.6 Å². The lowest BCUT2D eigenvalue weighted by atomic mass is 10.1.